The third kappa shape index (κ3) is 5.73. The van der Waals surface area contributed by atoms with Gasteiger partial charge >= 0.3 is 0 Å². The number of aromatic nitrogens is 1. The van der Waals surface area contributed by atoms with E-state index in [1.54, 1.807) is 19.4 Å². The Bertz CT molecular complexity index is 966. The highest BCUT2D eigenvalue weighted by Gasteiger charge is 2.58. The van der Waals surface area contributed by atoms with Gasteiger partial charge in [0.15, 0.2) is 5.78 Å². The molecule has 3 aliphatic rings. The van der Waals surface area contributed by atoms with E-state index in [2.05, 4.69) is 42.1 Å². The molecular formula is C24H33F2N7O. The van der Waals surface area contributed by atoms with Gasteiger partial charge in [-0.3, -0.25) is 19.6 Å². The number of fused-ring (bicyclic) bond motifs is 2. The van der Waals surface area contributed by atoms with Crippen LogP contribution in [0.4, 0.5) is 14.5 Å². The minimum atomic E-state index is -2.44. The standard InChI is InChI=1S/C24H33F2N7O/c1-16-9-18(11-30-22(16)21(34)12-27-2)31-23(28-3)29-7-4-8-32-14-19-5-6-20(15-32)33(19)13-17-10-24(17,25)26/h4,7,9,11,17,19-20,27H,3,5-6,8,10,12-15H2,1-2H3,(H,29,31)/b7-4-/t17-,19-,20+/m1/s1. The van der Waals surface area contributed by atoms with Gasteiger partial charge in [-0.25, -0.2) is 18.8 Å². The van der Waals surface area contributed by atoms with Gasteiger partial charge < -0.3 is 10.6 Å². The molecule has 0 radical (unpaired) electrons. The van der Waals surface area contributed by atoms with Gasteiger partial charge in [0.05, 0.1) is 18.4 Å². The maximum absolute atomic E-state index is 13.3. The molecule has 2 aliphatic heterocycles. The summed E-state index contributed by atoms with van der Waals surface area (Å²) in [6.07, 6.45) is 7.47. The predicted octanol–water partition coefficient (Wildman–Crippen LogP) is 2.58. The average Bonchev–Trinajstić information content (AvgIpc) is 3.33. The SMILES string of the molecule is C=NC(=N/C=C\CN1C[C@H]2CC[C@@H](C1)N2C[C@H]1CC1(F)F)Nc1cnc(C(=O)CNC)c(C)c1. The number of hydrogen-bond acceptors (Lipinski definition) is 6. The lowest BCUT2D eigenvalue weighted by molar-refractivity contribution is 0.0441. The summed E-state index contributed by atoms with van der Waals surface area (Å²) in [7, 11) is 1.72. The molecule has 3 fully saturated rings. The number of aliphatic imine (C=N–C) groups is 2. The normalized spacial score (nSPS) is 26.7. The van der Waals surface area contributed by atoms with Crippen LogP contribution in [0, 0.1) is 12.8 Å². The maximum Gasteiger partial charge on any atom is 0.252 e. The lowest BCUT2D eigenvalue weighted by Gasteiger charge is -2.40. The molecule has 184 valence electrons. The number of anilines is 1. The van der Waals surface area contributed by atoms with Gasteiger partial charge in [-0.1, -0.05) is 6.08 Å². The molecule has 0 amide bonds. The highest BCUT2D eigenvalue weighted by atomic mass is 19.3. The highest BCUT2D eigenvalue weighted by Crippen LogP contribution is 2.50. The molecule has 10 heteroatoms. The Labute approximate surface area is 199 Å². The number of likely N-dealkylation sites (N-methyl/N-ethyl adjacent to an activating group) is 1. The van der Waals surface area contributed by atoms with Crippen LogP contribution >= 0.6 is 0 Å². The van der Waals surface area contributed by atoms with Crippen LogP contribution in [0.25, 0.3) is 0 Å². The van der Waals surface area contributed by atoms with Crippen LogP contribution in [0.1, 0.15) is 35.3 Å². The quantitative estimate of drug-likeness (QED) is 0.326. The molecule has 34 heavy (non-hydrogen) atoms. The van der Waals surface area contributed by atoms with Crippen molar-refractivity contribution < 1.29 is 13.6 Å². The summed E-state index contributed by atoms with van der Waals surface area (Å²) < 4.78 is 26.7. The zero-order valence-electron chi connectivity index (χ0n) is 19.8. The summed E-state index contributed by atoms with van der Waals surface area (Å²) in [5.41, 5.74) is 1.88. The van der Waals surface area contributed by atoms with Crippen LogP contribution < -0.4 is 10.6 Å². The van der Waals surface area contributed by atoms with E-state index in [-0.39, 0.29) is 18.7 Å². The van der Waals surface area contributed by atoms with Crippen molar-refractivity contribution in [2.75, 3.05) is 45.1 Å². The van der Waals surface area contributed by atoms with Crippen molar-refractivity contribution in [3.63, 3.8) is 0 Å². The van der Waals surface area contributed by atoms with Crippen LogP contribution in [-0.2, 0) is 0 Å². The van der Waals surface area contributed by atoms with Crippen LogP contribution in [0.3, 0.4) is 0 Å². The number of pyridine rings is 1. The molecular weight excluding hydrogens is 440 g/mol. The summed E-state index contributed by atoms with van der Waals surface area (Å²) in [6, 6.07) is 2.57. The third-order valence-electron chi connectivity index (χ3n) is 6.85. The molecule has 3 atom stereocenters. The van der Waals surface area contributed by atoms with E-state index in [9.17, 15) is 13.6 Å². The summed E-state index contributed by atoms with van der Waals surface area (Å²) in [5, 5.41) is 5.90. The Hall–Kier alpha value is -2.56. The molecule has 0 unspecified atom stereocenters. The largest absolute Gasteiger partial charge is 0.323 e. The second-order valence-corrected chi connectivity index (χ2v) is 9.43. The molecule has 0 spiro atoms. The van der Waals surface area contributed by atoms with E-state index in [0.717, 1.165) is 38.0 Å². The summed E-state index contributed by atoms with van der Waals surface area (Å²) in [5.74, 6) is -2.62. The Morgan fingerprint density at radius 3 is 2.65 bits per heavy atom. The molecule has 2 bridgehead atoms. The number of hydrogen-bond donors (Lipinski definition) is 2. The van der Waals surface area contributed by atoms with Gasteiger partial charge in [-0.15, -0.1) is 0 Å². The Balaban J connectivity index is 1.27. The fourth-order valence-electron chi connectivity index (χ4n) is 4.99. The number of carbonyl (C=O) groups excluding carboxylic acids is 1. The summed E-state index contributed by atoms with van der Waals surface area (Å²) in [4.78, 5) is 29.3. The Kier molecular flexibility index (Phi) is 7.49. The van der Waals surface area contributed by atoms with Crippen molar-refractivity contribution in [3.8, 4) is 0 Å². The molecule has 1 aromatic heterocycles. The molecule has 1 aliphatic carbocycles. The number of guanidine groups is 1. The molecule has 1 saturated carbocycles. The number of likely N-dealkylation sites (tertiary alicyclic amines) is 1. The van der Waals surface area contributed by atoms with Crippen molar-refractivity contribution in [2.45, 2.75) is 44.2 Å². The van der Waals surface area contributed by atoms with E-state index >= 15 is 0 Å². The van der Waals surface area contributed by atoms with Crippen molar-refractivity contribution in [1.82, 2.24) is 20.1 Å². The molecule has 1 aromatic rings. The summed E-state index contributed by atoms with van der Waals surface area (Å²) >= 11 is 0. The number of ketones is 1. The van der Waals surface area contributed by atoms with Crippen LogP contribution in [0.15, 0.2) is 34.5 Å². The number of halogens is 2. The van der Waals surface area contributed by atoms with E-state index in [0.29, 0.717) is 36.0 Å². The van der Waals surface area contributed by atoms with Crippen molar-refractivity contribution in [3.05, 3.63) is 35.8 Å². The van der Waals surface area contributed by atoms with Gasteiger partial charge in [-0.05, 0) is 45.2 Å². The first-order valence-corrected chi connectivity index (χ1v) is 11.8. The minimum absolute atomic E-state index is 0.0509. The maximum atomic E-state index is 13.3. The number of rotatable bonds is 9. The first-order chi connectivity index (χ1) is 16.3. The lowest BCUT2D eigenvalue weighted by atomic mass is 10.1. The first-order valence-electron chi connectivity index (χ1n) is 11.8. The third-order valence-corrected chi connectivity index (χ3v) is 6.85. The van der Waals surface area contributed by atoms with Crippen LogP contribution in [-0.4, -0.2) is 91.0 Å². The number of carbonyl (C=O) groups is 1. The Morgan fingerprint density at radius 2 is 2.06 bits per heavy atom. The average molecular weight is 474 g/mol. The van der Waals surface area contributed by atoms with Gasteiger partial charge in [0.2, 0.25) is 5.96 Å². The predicted molar refractivity (Wildman–Crippen MR) is 130 cm³/mol. The number of nitrogens with zero attached hydrogens (tertiary/aromatic N) is 5. The Morgan fingerprint density at radius 1 is 1.35 bits per heavy atom. The topological polar surface area (TPSA) is 85.2 Å². The number of Topliss-reactive ketones (excluding diaryl/α,β-unsaturated/α-hetero) is 1. The molecule has 3 heterocycles. The number of aryl methyl sites for hydroxylation is 1. The van der Waals surface area contributed by atoms with E-state index in [1.807, 2.05) is 19.1 Å². The molecule has 8 nitrogen and oxygen atoms in total. The molecule has 2 saturated heterocycles. The number of nitrogens with one attached hydrogen (secondary N) is 2. The van der Waals surface area contributed by atoms with Crippen molar-refractivity contribution in [1.29, 1.82) is 0 Å². The fourth-order valence-corrected chi connectivity index (χ4v) is 4.99. The molecule has 4 rings (SSSR count). The van der Waals surface area contributed by atoms with Gasteiger partial charge in [0.25, 0.3) is 5.92 Å². The van der Waals surface area contributed by atoms with E-state index in [1.165, 1.54) is 0 Å². The van der Waals surface area contributed by atoms with Crippen molar-refractivity contribution >= 4 is 24.1 Å². The van der Waals surface area contributed by atoms with Gasteiger partial charge in [-0.2, -0.15) is 0 Å². The summed E-state index contributed by atoms with van der Waals surface area (Å²) in [6.45, 7) is 8.72. The van der Waals surface area contributed by atoms with Crippen LogP contribution in [0.2, 0.25) is 0 Å². The van der Waals surface area contributed by atoms with E-state index < -0.39 is 11.8 Å². The molecule has 2 N–H and O–H groups in total. The second kappa shape index (κ2) is 10.4. The molecule has 0 aromatic carbocycles. The lowest BCUT2D eigenvalue weighted by Crippen LogP contribution is -2.54. The minimum Gasteiger partial charge on any atom is -0.323 e. The van der Waals surface area contributed by atoms with E-state index in [4.69, 9.17) is 0 Å². The second-order valence-electron chi connectivity index (χ2n) is 9.43. The zero-order valence-corrected chi connectivity index (χ0v) is 19.8. The van der Waals surface area contributed by atoms with Gasteiger partial charge in [0, 0.05) is 56.8 Å². The highest BCUT2D eigenvalue weighted by molar-refractivity contribution is 5.99. The first kappa shape index (κ1) is 24.6. The fraction of sp³-hybridized carbons (Fsp3) is 0.583. The van der Waals surface area contributed by atoms with Gasteiger partial charge in [0.1, 0.15) is 5.69 Å². The number of alkyl halides is 2. The van der Waals surface area contributed by atoms with Crippen LogP contribution in [0.5, 0.6) is 0 Å². The smallest absolute Gasteiger partial charge is 0.252 e. The number of piperazine rings is 1. The monoisotopic (exact) mass is 473 g/mol. The van der Waals surface area contributed by atoms with Crippen molar-refractivity contribution in [2.24, 2.45) is 15.9 Å². The zero-order chi connectivity index (χ0) is 24.3.